The number of hydrogen-bond acceptors (Lipinski definition) is 5. The predicted molar refractivity (Wildman–Crippen MR) is 88.4 cm³/mol. The summed E-state index contributed by atoms with van der Waals surface area (Å²) in [7, 11) is 1.64. The Bertz CT molecular complexity index is 716. The van der Waals surface area contributed by atoms with E-state index in [9.17, 15) is 4.79 Å². The van der Waals surface area contributed by atoms with Crippen LogP contribution in [0.3, 0.4) is 0 Å². The van der Waals surface area contributed by atoms with Crippen LogP contribution in [0.4, 0.5) is 5.82 Å². The van der Waals surface area contributed by atoms with Crippen LogP contribution >= 0.6 is 0 Å². The van der Waals surface area contributed by atoms with E-state index in [4.69, 9.17) is 9.26 Å². The van der Waals surface area contributed by atoms with Gasteiger partial charge in [-0.15, -0.1) is 0 Å². The van der Waals surface area contributed by atoms with E-state index in [1.165, 1.54) is 0 Å². The molecule has 5 heteroatoms. The molecule has 0 amide bonds. The lowest BCUT2D eigenvalue weighted by molar-refractivity contribution is -0.117. The Kier molecular flexibility index (Phi) is 4.46. The summed E-state index contributed by atoms with van der Waals surface area (Å²) in [6, 6.07) is 9.55. The van der Waals surface area contributed by atoms with Gasteiger partial charge < -0.3 is 14.6 Å². The van der Waals surface area contributed by atoms with E-state index in [1.54, 1.807) is 7.11 Å². The lowest BCUT2D eigenvalue weighted by Gasteiger charge is -2.07. The maximum Gasteiger partial charge on any atom is 0.169 e. The first-order valence-electron chi connectivity index (χ1n) is 7.72. The first kappa shape index (κ1) is 15.3. The van der Waals surface area contributed by atoms with Crippen LogP contribution in [-0.2, 0) is 4.79 Å². The van der Waals surface area contributed by atoms with Crippen LogP contribution < -0.4 is 10.1 Å². The molecule has 1 heterocycles. The van der Waals surface area contributed by atoms with Gasteiger partial charge in [0.15, 0.2) is 11.6 Å². The van der Waals surface area contributed by atoms with Crippen LogP contribution in [0.1, 0.15) is 24.2 Å². The number of hydrogen-bond donors (Lipinski definition) is 1. The minimum atomic E-state index is -0.00324. The highest BCUT2D eigenvalue weighted by Gasteiger charge is 2.29. The third kappa shape index (κ3) is 3.62. The molecular formula is C18H20N2O3. The van der Waals surface area contributed by atoms with E-state index in [0.717, 1.165) is 35.5 Å². The van der Waals surface area contributed by atoms with Crippen molar-refractivity contribution in [3.8, 4) is 5.75 Å². The zero-order valence-electron chi connectivity index (χ0n) is 13.3. The molecule has 1 atom stereocenters. The van der Waals surface area contributed by atoms with E-state index in [2.05, 4.69) is 10.5 Å². The summed E-state index contributed by atoms with van der Waals surface area (Å²) >= 11 is 0. The maximum atomic E-state index is 12.5. The molecule has 0 aliphatic heterocycles. The third-order valence-corrected chi connectivity index (χ3v) is 4.06. The number of aromatic nitrogens is 1. The third-order valence-electron chi connectivity index (χ3n) is 4.06. The molecule has 0 radical (unpaired) electrons. The van der Waals surface area contributed by atoms with Gasteiger partial charge in [-0.25, -0.2) is 0 Å². The highest BCUT2D eigenvalue weighted by Crippen LogP contribution is 2.29. The second-order valence-corrected chi connectivity index (χ2v) is 5.75. The molecule has 0 bridgehead atoms. The number of carbonyl (C=O) groups is 1. The highest BCUT2D eigenvalue weighted by atomic mass is 16.5. The fourth-order valence-electron chi connectivity index (χ4n) is 2.76. The van der Waals surface area contributed by atoms with E-state index in [0.29, 0.717) is 12.4 Å². The number of allylic oxidation sites excluding steroid dienone is 1. The van der Waals surface area contributed by atoms with Crippen LogP contribution in [0.2, 0.25) is 0 Å². The Balaban J connectivity index is 1.62. The van der Waals surface area contributed by atoms with E-state index < -0.39 is 0 Å². The number of nitrogens with one attached hydrogen (secondary N) is 1. The van der Waals surface area contributed by atoms with Crippen molar-refractivity contribution in [2.75, 3.05) is 19.0 Å². The summed E-state index contributed by atoms with van der Waals surface area (Å²) in [4.78, 5) is 12.5. The van der Waals surface area contributed by atoms with Gasteiger partial charge in [0.1, 0.15) is 11.5 Å². The second-order valence-electron chi connectivity index (χ2n) is 5.75. The Morgan fingerprint density at radius 1 is 1.39 bits per heavy atom. The van der Waals surface area contributed by atoms with Crippen molar-refractivity contribution in [3.63, 3.8) is 0 Å². The minimum Gasteiger partial charge on any atom is -0.497 e. The second kappa shape index (κ2) is 6.69. The van der Waals surface area contributed by atoms with Crippen LogP contribution in [-0.4, -0.2) is 24.6 Å². The monoisotopic (exact) mass is 312 g/mol. The van der Waals surface area contributed by atoms with E-state index >= 15 is 0 Å². The molecule has 1 aromatic carbocycles. The minimum absolute atomic E-state index is 0.00324. The van der Waals surface area contributed by atoms with E-state index in [-0.39, 0.29) is 11.7 Å². The molecule has 1 N–H and O–H groups in total. The summed E-state index contributed by atoms with van der Waals surface area (Å²) < 4.78 is 10.2. The number of ketones is 1. The largest absolute Gasteiger partial charge is 0.497 e. The van der Waals surface area contributed by atoms with Gasteiger partial charge in [0, 0.05) is 18.5 Å². The lowest BCUT2D eigenvalue weighted by Crippen LogP contribution is -2.18. The molecule has 1 aliphatic rings. The van der Waals surface area contributed by atoms with Crippen molar-refractivity contribution in [2.45, 2.75) is 19.8 Å². The molecule has 1 saturated carbocycles. The molecule has 1 aliphatic carbocycles. The van der Waals surface area contributed by atoms with Crippen molar-refractivity contribution in [1.29, 1.82) is 0 Å². The van der Waals surface area contributed by atoms with Gasteiger partial charge in [-0.05, 0) is 49.1 Å². The summed E-state index contributed by atoms with van der Waals surface area (Å²) in [5.74, 6) is 2.47. The number of aryl methyl sites for hydroxylation is 1. The Labute approximate surface area is 135 Å². The lowest BCUT2D eigenvalue weighted by atomic mass is 10.0. The smallest absolute Gasteiger partial charge is 0.169 e. The molecule has 0 spiro atoms. The van der Waals surface area contributed by atoms with Gasteiger partial charge in [0.2, 0.25) is 0 Å². The standard InChI is InChI=1S/C18H20N2O3/c1-12-9-17(20-23-12)19-11-15-6-5-14(18(15)21)10-13-3-7-16(22-2)8-4-13/h3-4,7-10,15H,5-6,11H2,1-2H3,(H,19,20)/b14-10+. The number of methoxy groups -OCH3 is 1. The molecule has 1 aromatic heterocycles. The molecule has 3 rings (SSSR count). The molecule has 1 fully saturated rings. The summed E-state index contributed by atoms with van der Waals surface area (Å²) in [6.45, 7) is 2.43. The highest BCUT2D eigenvalue weighted by molar-refractivity contribution is 6.03. The van der Waals surface area contributed by atoms with Gasteiger partial charge >= 0.3 is 0 Å². The number of nitrogens with zero attached hydrogens (tertiary/aromatic N) is 1. The molecular weight excluding hydrogens is 292 g/mol. The maximum absolute atomic E-state index is 12.5. The Morgan fingerprint density at radius 2 is 2.17 bits per heavy atom. The number of benzene rings is 1. The summed E-state index contributed by atoms with van der Waals surface area (Å²) in [6.07, 6.45) is 3.65. The molecule has 23 heavy (non-hydrogen) atoms. The first-order chi connectivity index (χ1) is 11.2. The average Bonchev–Trinajstić information content (AvgIpc) is 3.13. The van der Waals surface area contributed by atoms with Crippen molar-refractivity contribution < 1.29 is 14.1 Å². The molecule has 2 aromatic rings. The quantitative estimate of drug-likeness (QED) is 0.857. The van der Waals surface area contributed by atoms with Crippen molar-refractivity contribution in [1.82, 2.24) is 5.16 Å². The van der Waals surface area contributed by atoms with Crippen LogP contribution in [0, 0.1) is 12.8 Å². The number of anilines is 1. The number of carbonyl (C=O) groups excluding carboxylic acids is 1. The number of ether oxygens (including phenoxy) is 1. The van der Waals surface area contributed by atoms with Gasteiger partial charge in [0.05, 0.1) is 7.11 Å². The number of rotatable bonds is 5. The summed E-state index contributed by atoms with van der Waals surface area (Å²) in [5, 5.41) is 7.05. The van der Waals surface area contributed by atoms with Crippen molar-refractivity contribution in [3.05, 3.63) is 47.2 Å². The first-order valence-corrected chi connectivity index (χ1v) is 7.72. The van der Waals surface area contributed by atoms with Gasteiger partial charge in [-0.3, -0.25) is 4.79 Å². The molecule has 1 unspecified atom stereocenters. The van der Waals surface area contributed by atoms with Gasteiger partial charge in [0.25, 0.3) is 0 Å². The Morgan fingerprint density at radius 3 is 2.83 bits per heavy atom. The molecule has 0 saturated heterocycles. The number of Topliss-reactive ketones (excluding diaryl/α,β-unsaturated/α-hetero) is 1. The zero-order valence-corrected chi connectivity index (χ0v) is 13.3. The fourth-order valence-corrected chi connectivity index (χ4v) is 2.76. The van der Waals surface area contributed by atoms with Crippen LogP contribution in [0.15, 0.2) is 40.4 Å². The fraction of sp³-hybridized carbons (Fsp3) is 0.333. The predicted octanol–water partition coefficient (Wildman–Crippen LogP) is 3.47. The topological polar surface area (TPSA) is 64.4 Å². The van der Waals surface area contributed by atoms with Crippen molar-refractivity contribution in [2.24, 2.45) is 5.92 Å². The normalized spacial score (nSPS) is 19.3. The van der Waals surface area contributed by atoms with Crippen molar-refractivity contribution >= 4 is 17.7 Å². The average molecular weight is 312 g/mol. The molecule has 5 nitrogen and oxygen atoms in total. The van der Waals surface area contributed by atoms with E-state index in [1.807, 2.05) is 43.3 Å². The van der Waals surface area contributed by atoms with Crippen LogP contribution in [0.25, 0.3) is 6.08 Å². The van der Waals surface area contributed by atoms with Gasteiger partial charge in [-0.2, -0.15) is 0 Å². The van der Waals surface area contributed by atoms with Gasteiger partial charge in [-0.1, -0.05) is 17.3 Å². The zero-order chi connectivity index (χ0) is 16.2. The summed E-state index contributed by atoms with van der Waals surface area (Å²) in [5.41, 5.74) is 1.91. The molecule has 120 valence electrons. The SMILES string of the molecule is COc1ccc(/C=C2\CCC(CNc3cc(C)on3)C2=O)cc1. The Hall–Kier alpha value is -2.56. The van der Waals surface area contributed by atoms with Crippen LogP contribution in [0.5, 0.6) is 5.75 Å².